The van der Waals surface area contributed by atoms with Gasteiger partial charge in [-0.15, -0.1) is 13.2 Å². The summed E-state index contributed by atoms with van der Waals surface area (Å²) in [7, 11) is 0. The minimum Gasteiger partial charge on any atom is -0.406 e. The molecule has 3 rings (SSSR count). The largest absolute Gasteiger partial charge is 0.573 e. The molecule has 0 spiro atoms. The van der Waals surface area contributed by atoms with E-state index in [-0.39, 0.29) is 5.75 Å². The summed E-state index contributed by atoms with van der Waals surface area (Å²) >= 11 is 0. The molecule has 132 valence electrons. The summed E-state index contributed by atoms with van der Waals surface area (Å²) in [6, 6.07) is 13.9. The van der Waals surface area contributed by atoms with E-state index >= 15 is 0 Å². The fourth-order valence-corrected chi connectivity index (χ4v) is 3.00. The fraction of sp³-hybridized carbons (Fsp3) is 0.263. The monoisotopic (exact) mass is 348 g/mol. The SMILES string of the molecule is CCCn1c(Cc2ccc(OC(F)(F)F)cc2)cc2cc(N)ccc21. The third-order valence-corrected chi connectivity index (χ3v) is 4.00. The Bertz CT molecular complexity index is 867. The second kappa shape index (κ2) is 6.70. The number of rotatable bonds is 5. The zero-order chi connectivity index (χ0) is 18.0. The van der Waals surface area contributed by atoms with Crippen LogP contribution in [-0.2, 0) is 13.0 Å². The molecule has 0 saturated heterocycles. The van der Waals surface area contributed by atoms with E-state index in [0.717, 1.165) is 35.1 Å². The van der Waals surface area contributed by atoms with Crippen LogP contribution in [0.25, 0.3) is 10.9 Å². The molecular formula is C19H19F3N2O. The predicted octanol–water partition coefficient (Wildman–Crippen LogP) is 5.12. The standard InChI is InChI=1S/C19H19F3N2O/c1-2-9-24-16(12-14-11-15(23)5-8-18(14)24)10-13-3-6-17(7-4-13)25-19(20,21)22/h3-8,11-12H,2,9-10,23H2,1H3. The molecule has 1 heterocycles. The Morgan fingerprint density at radius 1 is 1.04 bits per heavy atom. The highest BCUT2D eigenvalue weighted by atomic mass is 19.4. The average molecular weight is 348 g/mol. The normalized spacial score (nSPS) is 11.8. The summed E-state index contributed by atoms with van der Waals surface area (Å²) in [5.41, 5.74) is 9.71. The summed E-state index contributed by atoms with van der Waals surface area (Å²) in [4.78, 5) is 0. The molecule has 25 heavy (non-hydrogen) atoms. The van der Waals surface area contributed by atoms with Gasteiger partial charge in [0.1, 0.15) is 5.75 Å². The van der Waals surface area contributed by atoms with E-state index in [4.69, 9.17) is 5.73 Å². The lowest BCUT2D eigenvalue weighted by Crippen LogP contribution is -2.17. The first-order chi connectivity index (χ1) is 11.9. The number of hydrogen-bond acceptors (Lipinski definition) is 2. The molecule has 6 heteroatoms. The number of fused-ring (bicyclic) bond motifs is 1. The van der Waals surface area contributed by atoms with E-state index in [1.807, 2.05) is 18.2 Å². The van der Waals surface area contributed by atoms with Crippen LogP contribution in [0.2, 0.25) is 0 Å². The van der Waals surface area contributed by atoms with Gasteiger partial charge in [0.15, 0.2) is 0 Å². The molecule has 0 amide bonds. The van der Waals surface area contributed by atoms with Crippen molar-refractivity contribution in [2.24, 2.45) is 0 Å². The second-order valence-electron chi connectivity index (χ2n) is 5.97. The maximum atomic E-state index is 12.2. The molecule has 0 aliphatic rings. The fourth-order valence-electron chi connectivity index (χ4n) is 3.00. The molecule has 1 aromatic heterocycles. The van der Waals surface area contributed by atoms with Crippen molar-refractivity contribution in [3.8, 4) is 5.75 Å². The van der Waals surface area contributed by atoms with Gasteiger partial charge < -0.3 is 15.0 Å². The van der Waals surface area contributed by atoms with E-state index < -0.39 is 6.36 Å². The maximum absolute atomic E-state index is 12.2. The highest BCUT2D eigenvalue weighted by Crippen LogP contribution is 2.26. The van der Waals surface area contributed by atoms with Crippen LogP contribution in [0.3, 0.4) is 0 Å². The molecule has 0 unspecified atom stereocenters. The molecule has 2 aromatic carbocycles. The molecular weight excluding hydrogens is 329 g/mol. The summed E-state index contributed by atoms with van der Waals surface area (Å²) in [6.45, 7) is 2.98. The predicted molar refractivity (Wildman–Crippen MR) is 92.6 cm³/mol. The van der Waals surface area contributed by atoms with Crippen LogP contribution in [-0.4, -0.2) is 10.9 Å². The number of aromatic nitrogens is 1. The van der Waals surface area contributed by atoms with Gasteiger partial charge in [0.2, 0.25) is 0 Å². The van der Waals surface area contributed by atoms with Gasteiger partial charge in [0.25, 0.3) is 0 Å². The van der Waals surface area contributed by atoms with E-state index in [1.54, 1.807) is 12.1 Å². The number of ether oxygens (including phenoxy) is 1. The Balaban J connectivity index is 1.88. The van der Waals surface area contributed by atoms with Crippen molar-refractivity contribution >= 4 is 16.6 Å². The number of aryl methyl sites for hydroxylation is 1. The summed E-state index contributed by atoms with van der Waals surface area (Å²) < 4.78 is 42.9. The molecule has 0 saturated carbocycles. The summed E-state index contributed by atoms with van der Waals surface area (Å²) in [5, 5.41) is 1.07. The zero-order valence-corrected chi connectivity index (χ0v) is 13.8. The number of nitrogen functional groups attached to an aromatic ring is 1. The molecule has 0 fully saturated rings. The lowest BCUT2D eigenvalue weighted by Gasteiger charge is -2.11. The van der Waals surface area contributed by atoms with E-state index in [2.05, 4.69) is 22.3 Å². The van der Waals surface area contributed by atoms with Gasteiger partial charge in [0.05, 0.1) is 0 Å². The van der Waals surface area contributed by atoms with Crippen LogP contribution in [0.1, 0.15) is 24.6 Å². The summed E-state index contributed by atoms with van der Waals surface area (Å²) in [5.74, 6) is -0.210. The van der Waals surface area contributed by atoms with Crippen LogP contribution in [0.5, 0.6) is 5.75 Å². The van der Waals surface area contributed by atoms with E-state index in [0.29, 0.717) is 12.1 Å². The van der Waals surface area contributed by atoms with Gasteiger partial charge >= 0.3 is 6.36 Å². The van der Waals surface area contributed by atoms with Crippen LogP contribution >= 0.6 is 0 Å². The van der Waals surface area contributed by atoms with E-state index in [9.17, 15) is 13.2 Å². The zero-order valence-electron chi connectivity index (χ0n) is 13.8. The molecule has 0 radical (unpaired) electrons. The molecule has 0 aliphatic heterocycles. The third-order valence-electron chi connectivity index (χ3n) is 4.00. The maximum Gasteiger partial charge on any atom is 0.573 e. The van der Waals surface area contributed by atoms with Gasteiger partial charge in [-0.05, 0) is 48.4 Å². The van der Waals surface area contributed by atoms with Crippen molar-refractivity contribution in [2.45, 2.75) is 32.7 Å². The first-order valence-corrected chi connectivity index (χ1v) is 8.08. The molecule has 3 nitrogen and oxygen atoms in total. The van der Waals surface area contributed by atoms with Crippen molar-refractivity contribution in [2.75, 3.05) is 5.73 Å². The number of hydrogen-bond donors (Lipinski definition) is 1. The van der Waals surface area contributed by atoms with Crippen molar-refractivity contribution in [3.05, 3.63) is 59.8 Å². The minimum atomic E-state index is -4.67. The van der Waals surface area contributed by atoms with Gasteiger partial charge in [0, 0.05) is 35.2 Å². The topological polar surface area (TPSA) is 40.2 Å². The Kier molecular flexibility index (Phi) is 4.61. The van der Waals surface area contributed by atoms with Crippen molar-refractivity contribution < 1.29 is 17.9 Å². The van der Waals surface area contributed by atoms with Crippen LogP contribution in [0, 0.1) is 0 Å². The van der Waals surface area contributed by atoms with Crippen molar-refractivity contribution in [1.82, 2.24) is 4.57 Å². The number of nitrogens with two attached hydrogens (primary N) is 1. The Morgan fingerprint density at radius 3 is 2.40 bits per heavy atom. The highest BCUT2D eigenvalue weighted by molar-refractivity contribution is 5.84. The number of halogens is 3. The lowest BCUT2D eigenvalue weighted by molar-refractivity contribution is -0.274. The highest BCUT2D eigenvalue weighted by Gasteiger charge is 2.30. The Hall–Kier alpha value is -2.63. The van der Waals surface area contributed by atoms with E-state index in [1.165, 1.54) is 12.1 Å². The molecule has 3 aromatic rings. The quantitative estimate of drug-likeness (QED) is 0.650. The van der Waals surface area contributed by atoms with Gasteiger partial charge in [-0.2, -0.15) is 0 Å². The Labute approximate surface area is 143 Å². The number of anilines is 1. The first kappa shape index (κ1) is 17.2. The van der Waals surface area contributed by atoms with Gasteiger partial charge in [-0.1, -0.05) is 19.1 Å². The number of nitrogens with zero attached hydrogens (tertiary/aromatic N) is 1. The Morgan fingerprint density at radius 2 is 1.76 bits per heavy atom. The average Bonchev–Trinajstić information content (AvgIpc) is 2.85. The van der Waals surface area contributed by atoms with Crippen LogP contribution in [0.15, 0.2) is 48.5 Å². The van der Waals surface area contributed by atoms with Crippen molar-refractivity contribution in [3.63, 3.8) is 0 Å². The van der Waals surface area contributed by atoms with Crippen LogP contribution < -0.4 is 10.5 Å². The molecule has 0 bridgehead atoms. The third kappa shape index (κ3) is 4.07. The second-order valence-corrected chi connectivity index (χ2v) is 5.97. The minimum absolute atomic E-state index is 0.210. The smallest absolute Gasteiger partial charge is 0.406 e. The van der Waals surface area contributed by atoms with Crippen molar-refractivity contribution in [1.29, 1.82) is 0 Å². The summed E-state index contributed by atoms with van der Waals surface area (Å²) in [6.07, 6.45) is -3.06. The molecule has 2 N–H and O–H groups in total. The first-order valence-electron chi connectivity index (χ1n) is 8.08. The molecule has 0 aliphatic carbocycles. The molecule has 0 atom stereocenters. The number of alkyl halides is 3. The lowest BCUT2D eigenvalue weighted by atomic mass is 10.1. The van der Waals surface area contributed by atoms with Gasteiger partial charge in [-0.3, -0.25) is 0 Å². The van der Waals surface area contributed by atoms with Gasteiger partial charge in [-0.25, -0.2) is 0 Å². The van der Waals surface area contributed by atoms with Crippen LogP contribution in [0.4, 0.5) is 18.9 Å². The number of benzene rings is 2.